The maximum atomic E-state index is 12.5. The molecule has 0 saturated carbocycles. The number of nitro groups is 1. The van der Waals surface area contributed by atoms with Gasteiger partial charge in [0.15, 0.2) is 0 Å². The van der Waals surface area contributed by atoms with Gasteiger partial charge in [-0.3, -0.25) is 10.1 Å². The summed E-state index contributed by atoms with van der Waals surface area (Å²) in [6.07, 6.45) is 1.07. The lowest BCUT2D eigenvalue weighted by Gasteiger charge is -2.31. The fraction of sp³-hybridized carbons (Fsp3) is 0.538. The van der Waals surface area contributed by atoms with Gasteiger partial charge in [-0.2, -0.15) is 0 Å². The number of nitrogens with two attached hydrogens (primary N) is 1. The van der Waals surface area contributed by atoms with Gasteiger partial charge < -0.3 is 5.73 Å². The average Bonchev–Trinajstić information content (AvgIpc) is 2.45. The van der Waals surface area contributed by atoms with Crippen molar-refractivity contribution in [1.29, 1.82) is 0 Å². The first-order valence-electron chi connectivity index (χ1n) is 6.70. The first-order valence-corrected chi connectivity index (χ1v) is 8.18. The van der Waals surface area contributed by atoms with Crippen LogP contribution in [0.4, 0.5) is 5.69 Å². The molecule has 118 valence electrons. The Labute approximate surface area is 124 Å². The quantitative estimate of drug-likeness (QED) is 0.587. The highest BCUT2D eigenvalue weighted by molar-refractivity contribution is 7.89. The summed E-state index contributed by atoms with van der Waals surface area (Å²) in [5.74, 6) is 0. The number of aryl methyl sites for hydroxylation is 1. The van der Waals surface area contributed by atoms with E-state index in [0.717, 1.165) is 6.07 Å². The number of hydrogen-bond donors (Lipinski definition) is 2. The standard InChI is InChI=1S/C13H21N3O4S/c1-4-13(5-2,9-14)15-21(19,20)12-8-11(16(17)18)7-6-10(12)3/h6-8,15H,4-5,9,14H2,1-3H3. The fourth-order valence-corrected chi connectivity index (χ4v) is 3.88. The molecule has 8 heteroatoms. The van der Waals surface area contributed by atoms with Crippen LogP contribution in [-0.2, 0) is 10.0 Å². The molecule has 0 heterocycles. The van der Waals surface area contributed by atoms with E-state index in [4.69, 9.17) is 5.73 Å². The van der Waals surface area contributed by atoms with Gasteiger partial charge in [0.1, 0.15) is 0 Å². The van der Waals surface area contributed by atoms with E-state index < -0.39 is 20.5 Å². The largest absolute Gasteiger partial charge is 0.329 e. The van der Waals surface area contributed by atoms with Gasteiger partial charge in [0.05, 0.1) is 9.82 Å². The van der Waals surface area contributed by atoms with Crippen molar-refractivity contribution in [1.82, 2.24) is 4.72 Å². The van der Waals surface area contributed by atoms with Crippen molar-refractivity contribution in [3.8, 4) is 0 Å². The van der Waals surface area contributed by atoms with Crippen molar-refractivity contribution in [3.63, 3.8) is 0 Å². The molecule has 0 aliphatic rings. The van der Waals surface area contributed by atoms with Crippen LogP contribution in [0.25, 0.3) is 0 Å². The lowest BCUT2D eigenvalue weighted by Crippen LogP contribution is -2.52. The monoisotopic (exact) mass is 315 g/mol. The van der Waals surface area contributed by atoms with Crippen LogP contribution >= 0.6 is 0 Å². The molecule has 1 aromatic carbocycles. The van der Waals surface area contributed by atoms with Crippen molar-refractivity contribution in [2.45, 2.75) is 44.0 Å². The molecule has 1 rings (SSSR count). The molecule has 3 N–H and O–H groups in total. The van der Waals surface area contributed by atoms with Crippen LogP contribution in [0.5, 0.6) is 0 Å². The molecule has 0 unspecified atom stereocenters. The van der Waals surface area contributed by atoms with E-state index in [2.05, 4.69) is 4.72 Å². The smallest absolute Gasteiger partial charge is 0.270 e. The van der Waals surface area contributed by atoms with Gasteiger partial charge in [0.2, 0.25) is 10.0 Å². The third-order valence-electron chi connectivity index (χ3n) is 3.77. The zero-order valence-corrected chi connectivity index (χ0v) is 13.2. The minimum Gasteiger partial charge on any atom is -0.329 e. The normalized spacial score (nSPS) is 12.4. The second kappa shape index (κ2) is 6.50. The third-order valence-corrected chi connectivity index (χ3v) is 5.49. The van der Waals surface area contributed by atoms with Crippen LogP contribution < -0.4 is 10.5 Å². The van der Waals surface area contributed by atoms with Gasteiger partial charge in [0, 0.05) is 24.2 Å². The molecule has 0 aliphatic carbocycles. The molecule has 7 nitrogen and oxygen atoms in total. The minimum absolute atomic E-state index is 0.0866. The third kappa shape index (κ3) is 3.78. The number of nitrogens with one attached hydrogen (secondary N) is 1. The Bertz CT molecular complexity index is 616. The van der Waals surface area contributed by atoms with Crippen LogP contribution in [0.3, 0.4) is 0 Å². The summed E-state index contributed by atoms with van der Waals surface area (Å²) < 4.78 is 27.7. The van der Waals surface area contributed by atoms with E-state index in [0.29, 0.717) is 18.4 Å². The van der Waals surface area contributed by atoms with Crippen LogP contribution in [0.1, 0.15) is 32.3 Å². The molecule has 0 radical (unpaired) electrons. The summed E-state index contributed by atoms with van der Waals surface area (Å²) in [5.41, 5.74) is 5.15. The zero-order valence-electron chi connectivity index (χ0n) is 12.4. The average molecular weight is 315 g/mol. The van der Waals surface area contributed by atoms with Crippen molar-refractivity contribution < 1.29 is 13.3 Å². The highest BCUT2D eigenvalue weighted by Crippen LogP contribution is 2.24. The van der Waals surface area contributed by atoms with E-state index in [9.17, 15) is 18.5 Å². The SMILES string of the molecule is CCC(CC)(CN)NS(=O)(=O)c1cc([N+](=O)[O-])ccc1C. The fourth-order valence-electron chi connectivity index (χ4n) is 2.06. The van der Waals surface area contributed by atoms with Gasteiger partial charge in [-0.25, -0.2) is 13.1 Å². The Morgan fingerprint density at radius 2 is 1.90 bits per heavy atom. The van der Waals surface area contributed by atoms with Gasteiger partial charge in [-0.1, -0.05) is 19.9 Å². The molecule has 0 bridgehead atoms. The highest BCUT2D eigenvalue weighted by atomic mass is 32.2. The van der Waals surface area contributed by atoms with E-state index in [1.165, 1.54) is 12.1 Å². The second-order valence-corrected chi connectivity index (χ2v) is 6.65. The molecule has 0 spiro atoms. The molecule has 0 aliphatic heterocycles. The molecular formula is C13H21N3O4S. The van der Waals surface area contributed by atoms with Crippen LogP contribution in [0.15, 0.2) is 23.1 Å². The molecule has 0 aromatic heterocycles. The predicted molar refractivity (Wildman–Crippen MR) is 80.5 cm³/mol. The number of hydrogen-bond acceptors (Lipinski definition) is 5. The van der Waals surface area contributed by atoms with Gasteiger partial charge in [-0.15, -0.1) is 0 Å². The lowest BCUT2D eigenvalue weighted by atomic mass is 9.95. The van der Waals surface area contributed by atoms with Crippen LogP contribution in [0, 0.1) is 17.0 Å². The topological polar surface area (TPSA) is 115 Å². The molecule has 21 heavy (non-hydrogen) atoms. The Balaban J connectivity index is 3.31. The summed E-state index contributed by atoms with van der Waals surface area (Å²) in [7, 11) is -3.88. The lowest BCUT2D eigenvalue weighted by molar-refractivity contribution is -0.385. The maximum absolute atomic E-state index is 12.5. The highest BCUT2D eigenvalue weighted by Gasteiger charge is 2.32. The molecule has 0 fully saturated rings. The summed E-state index contributed by atoms with van der Waals surface area (Å²) >= 11 is 0. The minimum atomic E-state index is -3.88. The predicted octanol–water partition coefficient (Wildman–Crippen LogP) is 1.70. The molecule has 0 amide bonds. The first-order chi connectivity index (χ1) is 9.71. The van der Waals surface area contributed by atoms with E-state index >= 15 is 0 Å². The number of nitro benzene ring substituents is 1. The molecule has 0 saturated heterocycles. The second-order valence-electron chi connectivity index (χ2n) is 5.00. The van der Waals surface area contributed by atoms with Gasteiger partial charge >= 0.3 is 0 Å². The Hall–Kier alpha value is -1.51. The summed E-state index contributed by atoms with van der Waals surface area (Å²) in [4.78, 5) is 10.1. The molecule has 0 atom stereocenters. The Morgan fingerprint density at radius 3 is 2.33 bits per heavy atom. The first kappa shape index (κ1) is 17.5. The Kier molecular flexibility index (Phi) is 5.43. The Morgan fingerprint density at radius 1 is 1.33 bits per heavy atom. The van der Waals surface area contributed by atoms with E-state index in [1.54, 1.807) is 6.92 Å². The van der Waals surface area contributed by atoms with Crippen LogP contribution in [0.2, 0.25) is 0 Å². The maximum Gasteiger partial charge on any atom is 0.270 e. The van der Waals surface area contributed by atoms with Gasteiger partial charge in [0.25, 0.3) is 5.69 Å². The molecule has 1 aromatic rings. The van der Waals surface area contributed by atoms with Gasteiger partial charge in [-0.05, 0) is 25.3 Å². The summed E-state index contributed by atoms with van der Waals surface area (Å²) in [6, 6.07) is 3.78. The van der Waals surface area contributed by atoms with Crippen molar-refractivity contribution in [2.24, 2.45) is 5.73 Å². The van der Waals surface area contributed by atoms with Crippen molar-refractivity contribution in [2.75, 3.05) is 6.54 Å². The number of sulfonamides is 1. The summed E-state index contributed by atoms with van der Waals surface area (Å²) in [5, 5.41) is 10.8. The van der Waals surface area contributed by atoms with E-state index in [1.807, 2.05) is 13.8 Å². The van der Waals surface area contributed by atoms with E-state index in [-0.39, 0.29) is 17.1 Å². The number of benzene rings is 1. The summed E-state index contributed by atoms with van der Waals surface area (Å²) in [6.45, 7) is 5.45. The van der Waals surface area contributed by atoms with Crippen molar-refractivity contribution >= 4 is 15.7 Å². The van der Waals surface area contributed by atoms with Crippen molar-refractivity contribution in [3.05, 3.63) is 33.9 Å². The number of nitrogens with zero attached hydrogens (tertiary/aromatic N) is 1. The zero-order chi connectivity index (χ0) is 16.3. The molecular weight excluding hydrogens is 294 g/mol. The van der Waals surface area contributed by atoms with Crippen LogP contribution in [-0.4, -0.2) is 25.4 Å². The number of rotatable bonds is 7. The number of non-ortho nitro benzene ring substituents is 1.